The number of hydrogen-bond acceptors (Lipinski definition) is 2. The molecule has 2 aromatic carbocycles. The minimum Gasteiger partial charge on any atom is -0.382 e. The van der Waals surface area contributed by atoms with Crippen molar-refractivity contribution in [2.45, 2.75) is 38.2 Å². The molecule has 27 heavy (non-hydrogen) atoms. The van der Waals surface area contributed by atoms with Crippen molar-refractivity contribution >= 4 is 17.8 Å². The third-order valence-electron chi connectivity index (χ3n) is 5.64. The summed E-state index contributed by atoms with van der Waals surface area (Å²) in [6.45, 7) is 7.59. The van der Waals surface area contributed by atoms with E-state index in [1.165, 1.54) is 0 Å². The highest BCUT2D eigenvalue weighted by Crippen LogP contribution is 2.57. The Morgan fingerprint density at radius 1 is 1.15 bits per heavy atom. The van der Waals surface area contributed by atoms with Crippen molar-refractivity contribution in [1.29, 1.82) is 0 Å². The second kappa shape index (κ2) is 7.58. The molecule has 142 valence electrons. The standard InChI is InChI=1S/C23H26FO2P/c1-17(2)19-15-14-18(3)23(25,16-19)22(24)27(26,20-10-6-4-7-11-20)21-12-8-5-9-13-21/h4-14,19,22,25H,1,15-16H2,2-3H3/t19-,22-,23+/m1/s1. The van der Waals surface area contributed by atoms with Crippen molar-refractivity contribution < 1.29 is 14.1 Å². The van der Waals surface area contributed by atoms with Gasteiger partial charge in [0.15, 0.2) is 13.1 Å². The third-order valence-corrected chi connectivity index (χ3v) is 8.84. The van der Waals surface area contributed by atoms with Crippen LogP contribution in [0.3, 0.4) is 0 Å². The van der Waals surface area contributed by atoms with Gasteiger partial charge in [-0.1, -0.05) is 78.9 Å². The average Bonchev–Trinajstić information content (AvgIpc) is 2.70. The molecule has 0 fully saturated rings. The summed E-state index contributed by atoms with van der Waals surface area (Å²) in [6.07, 6.45) is 2.77. The fraction of sp³-hybridized carbons (Fsp3) is 0.304. The number of halogens is 1. The molecule has 0 radical (unpaired) electrons. The van der Waals surface area contributed by atoms with Gasteiger partial charge in [0.2, 0.25) is 0 Å². The fourth-order valence-electron chi connectivity index (χ4n) is 3.79. The van der Waals surface area contributed by atoms with Crippen LogP contribution in [0, 0.1) is 5.92 Å². The lowest BCUT2D eigenvalue weighted by atomic mass is 9.76. The topological polar surface area (TPSA) is 37.3 Å². The summed E-state index contributed by atoms with van der Waals surface area (Å²) in [7, 11) is -3.73. The van der Waals surface area contributed by atoms with Crippen molar-refractivity contribution in [2.75, 3.05) is 0 Å². The molecule has 4 heteroatoms. The van der Waals surface area contributed by atoms with Gasteiger partial charge in [-0.25, -0.2) is 4.39 Å². The average molecular weight is 384 g/mol. The van der Waals surface area contributed by atoms with E-state index in [9.17, 15) is 9.67 Å². The smallest absolute Gasteiger partial charge is 0.193 e. The fourth-order valence-corrected chi connectivity index (χ4v) is 6.75. The molecule has 2 nitrogen and oxygen atoms in total. The molecule has 0 aliphatic heterocycles. The van der Waals surface area contributed by atoms with Crippen molar-refractivity contribution in [1.82, 2.24) is 0 Å². The van der Waals surface area contributed by atoms with Gasteiger partial charge in [0, 0.05) is 10.6 Å². The lowest BCUT2D eigenvalue weighted by Crippen LogP contribution is -2.47. The van der Waals surface area contributed by atoms with Crippen molar-refractivity contribution in [3.63, 3.8) is 0 Å². The van der Waals surface area contributed by atoms with Gasteiger partial charge in [-0.05, 0) is 38.2 Å². The Balaban J connectivity index is 2.16. The van der Waals surface area contributed by atoms with Gasteiger partial charge in [-0.15, -0.1) is 0 Å². The first-order valence-electron chi connectivity index (χ1n) is 9.20. The first-order valence-corrected chi connectivity index (χ1v) is 11.0. The summed E-state index contributed by atoms with van der Waals surface area (Å²) < 4.78 is 30.5. The summed E-state index contributed by atoms with van der Waals surface area (Å²) in [5.41, 5.74) is -0.346. The lowest BCUT2D eigenvalue weighted by Gasteiger charge is -2.41. The van der Waals surface area contributed by atoms with Crippen LogP contribution in [0.4, 0.5) is 4.39 Å². The van der Waals surface area contributed by atoms with Crippen LogP contribution in [0.25, 0.3) is 0 Å². The molecule has 2 aromatic rings. The van der Waals surface area contributed by atoms with Crippen LogP contribution in [0.2, 0.25) is 0 Å². The monoisotopic (exact) mass is 384 g/mol. The molecule has 0 spiro atoms. The SMILES string of the molecule is C=C(C)[C@@H]1CC=C(C)[C@](O)([C@H](F)P(=O)(c2ccccc2)c2ccccc2)C1. The lowest BCUT2D eigenvalue weighted by molar-refractivity contribution is 0.00746. The minimum atomic E-state index is -3.73. The van der Waals surface area contributed by atoms with Gasteiger partial charge in [0.1, 0.15) is 5.60 Å². The van der Waals surface area contributed by atoms with Crippen molar-refractivity contribution in [3.8, 4) is 0 Å². The maximum Gasteiger partial charge on any atom is 0.193 e. The highest BCUT2D eigenvalue weighted by Gasteiger charge is 2.53. The molecule has 0 unspecified atom stereocenters. The van der Waals surface area contributed by atoms with Crippen molar-refractivity contribution in [2.24, 2.45) is 5.92 Å². The van der Waals surface area contributed by atoms with Gasteiger partial charge < -0.3 is 9.67 Å². The molecule has 3 rings (SSSR count). The van der Waals surface area contributed by atoms with E-state index in [4.69, 9.17) is 0 Å². The van der Waals surface area contributed by atoms with Crippen molar-refractivity contribution in [3.05, 3.63) is 84.5 Å². The maximum atomic E-state index is 16.2. The van der Waals surface area contributed by atoms with E-state index in [0.717, 1.165) is 12.0 Å². The van der Waals surface area contributed by atoms with E-state index >= 15 is 4.39 Å². The van der Waals surface area contributed by atoms with E-state index in [1.807, 2.05) is 25.1 Å². The largest absolute Gasteiger partial charge is 0.382 e. The van der Waals surface area contributed by atoms with E-state index < -0.39 is 18.7 Å². The number of hydrogen-bond donors (Lipinski definition) is 1. The van der Waals surface area contributed by atoms with Crippen LogP contribution >= 0.6 is 7.14 Å². The highest BCUT2D eigenvalue weighted by molar-refractivity contribution is 7.79. The number of rotatable bonds is 5. The van der Waals surface area contributed by atoms with E-state index in [1.54, 1.807) is 55.5 Å². The summed E-state index contributed by atoms with van der Waals surface area (Å²) in [5, 5.41) is 12.3. The van der Waals surface area contributed by atoms with Gasteiger partial charge in [-0.2, -0.15) is 0 Å². The normalized spacial score (nSPS) is 24.1. The Morgan fingerprint density at radius 2 is 1.63 bits per heavy atom. The van der Waals surface area contributed by atoms with Gasteiger partial charge in [-0.3, -0.25) is 0 Å². The summed E-state index contributed by atoms with van der Waals surface area (Å²) in [5.74, 6) is -1.97. The van der Waals surface area contributed by atoms with Crippen LogP contribution in [0.1, 0.15) is 26.7 Å². The first-order chi connectivity index (χ1) is 12.8. The molecule has 3 atom stereocenters. The number of alkyl halides is 1. The number of benzene rings is 2. The molecule has 0 heterocycles. The molecular formula is C23H26FO2P. The second-order valence-corrected chi connectivity index (χ2v) is 10.3. The zero-order valence-corrected chi connectivity index (χ0v) is 16.7. The van der Waals surface area contributed by atoms with Crippen LogP contribution in [-0.2, 0) is 4.57 Å². The number of aliphatic hydroxyl groups is 1. The Kier molecular flexibility index (Phi) is 5.55. The minimum absolute atomic E-state index is 0.0306. The van der Waals surface area contributed by atoms with Crippen LogP contribution in [0.5, 0.6) is 0 Å². The van der Waals surface area contributed by atoms with Gasteiger partial charge in [0.05, 0.1) is 0 Å². The molecule has 0 amide bonds. The molecule has 0 saturated carbocycles. The number of allylic oxidation sites excluding steroid dienone is 2. The Morgan fingerprint density at radius 3 is 2.07 bits per heavy atom. The molecule has 1 aliphatic rings. The zero-order chi connectivity index (χ0) is 19.7. The quantitative estimate of drug-likeness (QED) is 0.584. The molecule has 0 bridgehead atoms. The first kappa shape index (κ1) is 19.8. The van der Waals surface area contributed by atoms with E-state index in [-0.39, 0.29) is 12.3 Å². The highest BCUT2D eigenvalue weighted by atomic mass is 31.2. The van der Waals surface area contributed by atoms with Gasteiger partial charge >= 0.3 is 0 Å². The summed E-state index contributed by atoms with van der Waals surface area (Å²) >= 11 is 0. The Labute approximate surface area is 160 Å². The predicted octanol–water partition coefficient (Wildman–Crippen LogP) is 4.96. The molecule has 1 aliphatic carbocycles. The molecule has 1 N–H and O–H groups in total. The van der Waals surface area contributed by atoms with Gasteiger partial charge in [0.25, 0.3) is 0 Å². The third kappa shape index (κ3) is 3.47. The Bertz CT molecular complexity index is 848. The maximum absolute atomic E-state index is 16.2. The van der Waals surface area contributed by atoms with E-state index in [0.29, 0.717) is 16.2 Å². The molecule has 0 aromatic heterocycles. The summed E-state index contributed by atoms with van der Waals surface area (Å²) in [4.78, 5) is 0. The van der Waals surface area contributed by atoms with Crippen LogP contribution in [-0.4, -0.2) is 16.6 Å². The molecule has 0 saturated heterocycles. The summed E-state index contributed by atoms with van der Waals surface area (Å²) in [6, 6.07) is 17.4. The second-order valence-electron chi connectivity index (χ2n) is 7.46. The molecular weight excluding hydrogens is 358 g/mol. The van der Waals surface area contributed by atoms with Crippen LogP contribution < -0.4 is 10.6 Å². The Hall–Kier alpha value is -1.96. The van der Waals surface area contributed by atoms with Crippen LogP contribution in [0.15, 0.2) is 84.5 Å². The predicted molar refractivity (Wildman–Crippen MR) is 111 cm³/mol. The van der Waals surface area contributed by atoms with E-state index in [2.05, 4.69) is 6.58 Å². The zero-order valence-electron chi connectivity index (χ0n) is 15.8.